The molecule has 2 saturated heterocycles. The van der Waals surface area contributed by atoms with Crippen molar-refractivity contribution < 1.29 is 4.39 Å². The molecule has 0 atom stereocenters. The van der Waals surface area contributed by atoms with Gasteiger partial charge < -0.3 is 10.2 Å². The fourth-order valence-corrected chi connectivity index (χ4v) is 2.57. The second kappa shape index (κ2) is 3.20. The van der Waals surface area contributed by atoms with E-state index in [-0.39, 0.29) is 5.82 Å². The first-order valence-corrected chi connectivity index (χ1v) is 5.49. The molecule has 2 aliphatic rings. The molecule has 3 rings (SSSR count). The van der Waals surface area contributed by atoms with Gasteiger partial charge in [-0.05, 0) is 30.7 Å². The van der Waals surface area contributed by atoms with Gasteiger partial charge in [0.1, 0.15) is 5.82 Å². The third kappa shape index (κ3) is 1.51. The highest BCUT2D eigenvalue weighted by atomic mass is 19.1. The Labute approximate surface area is 89.1 Å². The molecule has 2 nitrogen and oxygen atoms in total. The van der Waals surface area contributed by atoms with Gasteiger partial charge in [-0.3, -0.25) is 0 Å². The average molecular weight is 206 g/mol. The fraction of sp³-hybridized carbons (Fsp3) is 0.500. The van der Waals surface area contributed by atoms with E-state index in [2.05, 4.69) is 10.2 Å². The van der Waals surface area contributed by atoms with Gasteiger partial charge in [0, 0.05) is 37.3 Å². The van der Waals surface area contributed by atoms with Crippen LogP contribution in [0.15, 0.2) is 24.3 Å². The van der Waals surface area contributed by atoms with Gasteiger partial charge >= 0.3 is 0 Å². The summed E-state index contributed by atoms with van der Waals surface area (Å²) < 4.78 is 12.8. The van der Waals surface area contributed by atoms with Gasteiger partial charge in [-0.15, -0.1) is 0 Å². The van der Waals surface area contributed by atoms with Gasteiger partial charge in [0.25, 0.3) is 0 Å². The fourth-order valence-electron chi connectivity index (χ4n) is 2.57. The molecule has 1 spiro atoms. The van der Waals surface area contributed by atoms with Crippen molar-refractivity contribution in [3.8, 4) is 0 Å². The van der Waals surface area contributed by atoms with Crippen LogP contribution in [0.2, 0.25) is 0 Å². The van der Waals surface area contributed by atoms with Crippen LogP contribution in [0.5, 0.6) is 0 Å². The summed E-state index contributed by atoms with van der Waals surface area (Å²) in [5.74, 6) is -0.155. The van der Waals surface area contributed by atoms with Crippen LogP contribution in [0.4, 0.5) is 10.1 Å². The van der Waals surface area contributed by atoms with E-state index in [9.17, 15) is 4.39 Å². The maximum Gasteiger partial charge on any atom is 0.123 e. The van der Waals surface area contributed by atoms with Crippen LogP contribution in [-0.4, -0.2) is 26.2 Å². The summed E-state index contributed by atoms with van der Waals surface area (Å²) in [6, 6.07) is 6.83. The molecule has 2 fully saturated rings. The molecular formula is C12H15FN2. The Balaban J connectivity index is 1.76. The first kappa shape index (κ1) is 9.16. The largest absolute Gasteiger partial charge is 0.371 e. The zero-order valence-electron chi connectivity index (χ0n) is 8.67. The molecule has 0 radical (unpaired) electrons. The number of anilines is 1. The standard InChI is InChI=1S/C12H15FN2/c13-10-1-3-11(4-2-10)15-6-5-12(9-15)7-14-8-12/h1-4,14H,5-9H2. The van der Waals surface area contributed by atoms with Gasteiger partial charge in [-0.2, -0.15) is 0 Å². The van der Waals surface area contributed by atoms with Crippen molar-refractivity contribution >= 4 is 5.69 Å². The lowest BCUT2D eigenvalue weighted by molar-refractivity contribution is 0.200. The molecule has 1 N–H and O–H groups in total. The summed E-state index contributed by atoms with van der Waals surface area (Å²) in [4.78, 5) is 2.36. The van der Waals surface area contributed by atoms with E-state index in [1.165, 1.54) is 6.42 Å². The Bertz CT molecular complexity index is 356. The summed E-state index contributed by atoms with van der Waals surface area (Å²) in [5.41, 5.74) is 1.66. The predicted molar refractivity (Wildman–Crippen MR) is 58.5 cm³/mol. The van der Waals surface area contributed by atoms with Crippen LogP contribution in [-0.2, 0) is 0 Å². The lowest BCUT2D eigenvalue weighted by Crippen LogP contribution is -2.54. The van der Waals surface area contributed by atoms with E-state index in [1.807, 2.05) is 12.1 Å². The van der Waals surface area contributed by atoms with Crippen LogP contribution >= 0.6 is 0 Å². The van der Waals surface area contributed by atoms with Crippen molar-refractivity contribution in [3.05, 3.63) is 30.1 Å². The summed E-state index contributed by atoms with van der Waals surface area (Å²) in [7, 11) is 0. The predicted octanol–water partition coefficient (Wildman–Crippen LogP) is 1.63. The molecule has 0 aromatic heterocycles. The van der Waals surface area contributed by atoms with E-state index < -0.39 is 0 Å². The van der Waals surface area contributed by atoms with Gasteiger partial charge in [0.2, 0.25) is 0 Å². The van der Waals surface area contributed by atoms with Crippen molar-refractivity contribution in [1.29, 1.82) is 0 Å². The molecule has 2 aliphatic heterocycles. The second-order valence-corrected chi connectivity index (χ2v) is 4.75. The maximum atomic E-state index is 12.8. The summed E-state index contributed by atoms with van der Waals surface area (Å²) >= 11 is 0. The number of rotatable bonds is 1. The van der Waals surface area contributed by atoms with Crippen molar-refractivity contribution in [1.82, 2.24) is 5.32 Å². The van der Waals surface area contributed by atoms with Crippen LogP contribution in [0.25, 0.3) is 0 Å². The van der Waals surface area contributed by atoms with Crippen molar-refractivity contribution in [3.63, 3.8) is 0 Å². The maximum absolute atomic E-state index is 12.8. The highest BCUT2D eigenvalue weighted by Crippen LogP contribution is 2.36. The Kier molecular flexibility index (Phi) is 1.96. The van der Waals surface area contributed by atoms with E-state index in [1.54, 1.807) is 12.1 Å². The zero-order chi connectivity index (χ0) is 10.3. The van der Waals surface area contributed by atoms with Crippen molar-refractivity contribution in [2.45, 2.75) is 6.42 Å². The molecule has 0 bridgehead atoms. The van der Waals surface area contributed by atoms with Crippen LogP contribution in [0.3, 0.4) is 0 Å². The lowest BCUT2D eigenvalue weighted by atomic mass is 9.81. The topological polar surface area (TPSA) is 15.3 Å². The van der Waals surface area contributed by atoms with Crippen LogP contribution in [0, 0.1) is 11.2 Å². The monoisotopic (exact) mass is 206 g/mol. The number of hydrogen-bond acceptors (Lipinski definition) is 2. The number of nitrogens with zero attached hydrogens (tertiary/aromatic N) is 1. The van der Waals surface area contributed by atoms with Crippen LogP contribution in [0.1, 0.15) is 6.42 Å². The quantitative estimate of drug-likeness (QED) is 0.751. The third-order valence-corrected chi connectivity index (χ3v) is 3.63. The first-order chi connectivity index (χ1) is 7.27. The number of halogens is 1. The minimum Gasteiger partial charge on any atom is -0.371 e. The Morgan fingerprint density at radius 2 is 1.93 bits per heavy atom. The number of hydrogen-bond donors (Lipinski definition) is 1. The summed E-state index contributed by atoms with van der Waals surface area (Å²) in [6.45, 7) is 4.51. The number of benzene rings is 1. The van der Waals surface area contributed by atoms with E-state index in [4.69, 9.17) is 0 Å². The Hall–Kier alpha value is -1.09. The Morgan fingerprint density at radius 1 is 1.20 bits per heavy atom. The zero-order valence-corrected chi connectivity index (χ0v) is 8.67. The van der Waals surface area contributed by atoms with Gasteiger partial charge in [-0.1, -0.05) is 0 Å². The van der Waals surface area contributed by atoms with Crippen molar-refractivity contribution in [2.24, 2.45) is 5.41 Å². The molecule has 15 heavy (non-hydrogen) atoms. The minimum absolute atomic E-state index is 0.155. The minimum atomic E-state index is -0.155. The van der Waals surface area contributed by atoms with E-state index >= 15 is 0 Å². The summed E-state index contributed by atoms with van der Waals surface area (Å²) in [5, 5.41) is 3.34. The molecule has 0 aliphatic carbocycles. The molecule has 80 valence electrons. The lowest BCUT2D eigenvalue weighted by Gasteiger charge is -2.39. The van der Waals surface area contributed by atoms with E-state index in [0.717, 1.165) is 31.9 Å². The van der Waals surface area contributed by atoms with Gasteiger partial charge in [0.05, 0.1) is 0 Å². The smallest absolute Gasteiger partial charge is 0.123 e. The SMILES string of the molecule is Fc1ccc(N2CCC3(CNC3)C2)cc1. The van der Waals surface area contributed by atoms with Crippen molar-refractivity contribution in [2.75, 3.05) is 31.1 Å². The molecule has 0 saturated carbocycles. The molecule has 3 heteroatoms. The highest BCUT2D eigenvalue weighted by molar-refractivity contribution is 5.48. The highest BCUT2D eigenvalue weighted by Gasteiger charge is 2.42. The molecule has 1 aromatic rings. The summed E-state index contributed by atoms with van der Waals surface area (Å²) in [6.07, 6.45) is 1.26. The normalized spacial score (nSPS) is 23.1. The van der Waals surface area contributed by atoms with Crippen LogP contribution < -0.4 is 10.2 Å². The molecule has 0 amide bonds. The number of nitrogens with one attached hydrogen (secondary N) is 1. The van der Waals surface area contributed by atoms with E-state index in [0.29, 0.717) is 5.41 Å². The molecule has 1 aromatic carbocycles. The first-order valence-electron chi connectivity index (χ1n) is 5.49. The van der Waals surface area contributed by atoms with Gasteiger partial charge in [0.15, 0.2) is 0 Å². The average Bonchev–Trinajstić information content (AvgIpc) is 2.63. The molecule has 2 heterocycles. The third-order valence-electron chi connectivity index (χ3n) is 3.63. The van der Waals surface area contributed by atoms with Gasteiger partial charge in [-0.25, -0.2) is 4.39 Å². The second-order valence-electron chi connectivity index (χ2n) is 4.75. The molecule has 0 unspecified atom stereocenters. The molecular weight excluding hydrogens is 191 g/mol. The Morgan fingerprint density at radius 3 is 2.47 bits per heavy atom.